The van der Waals surface area contributed by atoms with Crippen LogP contribution >= 0.6 is 0 Å². The van der Waals surface area contributed by atoms with Gasteiger partial charge in [0.25, 0.3) is 5.91 Å². The Balaban J connectivity index is 1.72. The van der Waals surface area contributed by atoms with Crippen LogP contribution in [0.3, 0.4) is 0 Å². The maximum absolute atomic E-state index is 13.0. The number of benzene rings is 1. The standard InChI is InChI=1S/C22H24N4O/c1-17(2)26(16-19-6-4-3-5-7-19)22(27)21-14-20(10-13-24-21)25-15-18-8-11-23-12-9-18/h3-14,17H,15-16H2,1-2H3,(H,24,25). The predicted octanol–water partition coefficient (Wildman–Crippen LogP) is 4.14. The molecule has 1 aromatic carbocycles. The van der Waals surface area contributed by atoms with E-state index in [1.54, 1.807) is 18.6 Å². The highest BCUT2D eigenvalue weighted by Crippen LogP contribution is 2.15. The first-order chi connectivity index (χ1) is 13.1. The van der Waals surface area contributed by atoms with E-state index >= 15 is 0 Å². The van der Waals surface area contributed by atoms with Crippen LogP contribution in [0, 0.1) is 0 Å². The molecule has 2 aromatic heterocycles. The molecule has 1 N–H and O–H groups in total. The Morgan fingerprint density at radius 2 is 1.74 bits per heavy atom. The first-order valence-electron chi connectivity index (χ1n) is 9.07. The van der Waals surface area contributed by atoms with E-state index in [2.05, 4.69) is 15.3 Å². The fourth-order valence-electron chi connectivity index (χ4n) is 2.78. The lowest BCUT2D eigenvalue weighted by molar-refractivity contribution is 0.0684. The van der Waals surface area contributed by atoms with Gasteiger partial charge in [0.1, 0.15) is 5.69 Å². The normalized spacial score (nSPS) is 10.6. The molecule has 3 aromatic rings. The molecule has 0 saturated heterocycles. The van der Waals surface area contributed by atoms with Gasteiger partial charge in [-0.15, -0.1) is 0 Å². The maximum Gasteiger partial charge on any atom is 0.273 e. The Bertz CT molecular complexity index is 866. The molecule has 0 spiro atoms. The van der Waals surface area contributed by atoms with E-state index in [-0.39, 0.29) is 11.9 Å². The molecule has 0 aliphatic rings. The molecule has 2 heterocycles. The molecular formula is C22H24N4O. The summed E-state index contributed by atoms with van der Waals surface area (Å²) in [6.07, 6.45) is 5.20. The molecule has 0 fully saturated rings. The first kappa shape index (κ1) is 18.6. The van der Waals surface area contributed by atoms with Gasteiger partial charge < -0.3 is 10.2 Å². The van der Waals surface area contributed by atoms with E-state index in [0.717, 1.165) is 16.8 Å². The number of nitrogens with zero attached hydrogens (tertiary/aromatic N) is 3. The third-order valence-electron chi connectivity index (χ3n) is 4.30. The van der Waals surface area contributed by atoms with E-state index in [4.69, 9.17) is 0 Å². The third kappa shape index (κ3) is 5.14. The van der Waals surface area contributed by atoms with Crippen LogP contribution in [0.2, 0.25) is 0 Å². The SMILES string of the molecule is CC(C)N(Cc1ccccc1)C(=O)c1cc(NCc2ccncc2)ccn1. The van der Waals surface area contributed by atoms with Crippen LogP contribution < -0.4 is 5.32 Å². The van der Waals surface area contributed by atoms with E-state index in [1.165, 1.54) is 0 Å². The van der Waals surface area contributed by atoms with E-state index in [0.29, 0.717) is 18.8 Å². The molecule has 1 amide bonds. The second kappa shape index (κ2) is 8.94. The second-order valence-electron chi connectivity index (χ2n) is 6.65. The van der Waals surface area contributed by atoms with Gasteiger partial charge >= 0.3 is 0 Å². The minimum Gasteiger partial charge on any atom is -0.381 e. The number of rotatable bonds is 7. The first-order valence-corrected chi connectivity index (χ1v) is 9.07. The van der Waals surface area contributed by atoms with Gasteiger partial charge in [-0.25, -0.2) is 0 Å². The largest absolute Gasteiger partial charge is 0.381 e. The van der Waals surface area contributed by atoms with Crippen LogP contribution in [0.25, 0.3) is 0 Å². The highest BCUT2D eigenvalue weighted by molar-refractivity contribution is 5.93. The fraction of sp³-hybridized carbons (Fsp3) is 0.227. The molecule has 0 atom stereocenters. The lowest BCUT2D eigenvalue weighted by Gasteiger charge is -2.26. The number of pyridine rings is 2. The lowest BCUT2D eigenvalue weighted by Crippen LogP contribution is -2.36. The molecule has 5 heteroatoms. The molecule has 27 heavy (non-hydrogen) atoms. The summed E-state index contributed by atoms with van der Waals surface area (Å²) in [7, 11) is 0. The average molecular weight is 360 g/mol. The van der Waals surface area contributed by atoms with Crippen molar-refractivity contribution in [2.24, 2.45) is 0 Å². The molecule has 0 radical (unpaired) electrons. The molecule has 138 valence electrons. The van der Waals surface area contributed by atoms with Crippen molar-refractivity contribution in [2.45, 2.75) is 33.0 Å². The Morgan fingerprint density at radius 3 is 2.44 bits per heavy atom. The topological polar surface area (TPSA) is 58.1 Å². The van der Waals surface area contributed by atoms with Crippen LogP contribution in [-0.4, -0.2) is 26.8 Å². The molecule has 0 bridgehead atoms. The van der Waals surface area contributed by atoms with E-state index in [9.17, 15) is 4.79 Å². The summed E-state index contributed by atoms with van der Waals surface area (Å²) < 4.78 is 0. The average Bonchev–Trinajstić information content (AvgIpc) is 2.71. The van der Waals surface area contributed by atoms with Gasteiger partial charge in [0.15, 0.2) is 0 Å². The fourth-order valence-corrected chi connectivity index (χ4v) is 2.78. The third-order valence-corrected chi connectivity index (χ3v) is 4.30. The molecule has 0 aliphatic carbocycles. The minimum absolute atomic E-state index is 0.0681. The van der Waals surface area contributed by atoms with E-state index in [1.807, 2.05) is 73.3 Å². The summed E-state index contributed by atoms with van der Waals surface area (Å²) in [4.78, 5) is 23.2. The smallest absolute Gasteiger partial charge is 0.273 e. The van der Waals surface area contributed by atoms with Gasteiger partial charge in [0, 0.05) is 43.4 Å². The maximum atomic E-state index is 13.0. The molecule has 0 saturated carbocycles. The monoisotopic (exact) mass is 360 g/mol. The van der Waals surface area contributed by atoms with Crippen molar-refractivity contribution in [3.05, 3.63) is 90.0 Å². The van der Waals surface area contributed by atoms with Crippen LogP contribution in [0.1, 0.15) is 35.5 Å². The van der Waals surface area contributed by atoms with Gasteiger partial charge in [0.05, 0.1) is 0 Å². The van der Waals surface area contributed by atoms with Gasteiger partial charge in [-0.05, 0) is 49.2 Å². The summed E-state index contributed by atoms with van der Waals surface area (Å²) in [5, 5.41) is 3.34. The van der Waals surface area contributed by atoms with Crippen LogP contribution in [0.5, 0.6) is 0 Å². The zero-order valence-electron chi connectivity index (χ0n) is 15.7. The quantitative estimate of drug-likeness (QED) is 0.688. The molecular weight excluding hydrogens is 336 g/mol. The van der Waals surface area contributed by atoms with Gasteiger partial charge in [-0.2, -0.15) is 0 Å². The van der Waals surface area contributed by atoms with Crippen LogP contribution in [0.15, 0.2) is 73.2 Å². The van der Waals surface area contributed by atoms with Crippen molar-refractivity contribution in [2.75, 3.05) is 5.32 Å². The Hall–Kier alpha value is -3.21. The van der Waals surface area contributed by atoms with Crippen LogP contribution in [0.4, 0.5) is 5.69 Å². The number of anilines is 1. The number of carbonyl (C=O) groups is 1. The van der Waals surface area contributed by atoms with Gasteiger partial charge in [-0.1, -0.05) is 30.3 Å². The number of aromatic nitrogens is 2. The molecule has 5 nitrogen and oxygen atoms in total. The van der Waals surface area contributed by atoms with Crippen molar-refractivity contribution >= 4 is 11.6 Å². The van der Waals surface area contributed by atoms with Crippen LogP contribution in [-0.2, 0) is 13.1 Å². The lowest BCUT2D eigenvalue weighted by atomic mass is 10.1. The zero-order valence-corrected chi connectivity index (χ0v) is 15.7. The summed E-state index contributed by atoms with van der Waals surface area (Å²) in [6, 6.07) is 17.7. The Kier molecular flexibility index (Phi) is 6.15. The number of amides is 1. The summed E-state index contributed by atoms with van der Waals surface area (Å²) in [5.41, 5.74) is 3.54. The number of hydrogen-bond donors (Lipinski definition) is 1. The van der Waals surface area contributed by atoms with Crippen molar-refractivity contribution in [1.82, 2.24) is 14.9 Å². The number of carbonyl (C=O) groups excluding carboxylic acids is 1. The Labute approximate surface area is 160 Å². The summed E-state index contributed by atoms with van der Waals surface area (Å²) in [5.74, 6) is -0.0681. The highest BCUT2D eigenvalue weighted by atomic mass is 16.2. The second-order valence-corrected chi connectivity index (χ2v) is 6.65. The van der Waals surface area contributed by atoms with Crippen molar-refractivity contribution in [3.8, 4) is 0 Å². The van der Waals surface area contributed by atoms with Crippen molar-refractivity contribution < 1.29 is 4.79 Å². The Morgan fingerprint density at radius 1 is 1.00 bits per heavy atom. The minimum atomic E-state index is -0.0681. The summed E-state index contributed by atoms with van der Waals surface area (Å²) in [6.45, 7) is 5.27. The number of hydrogen-bond acceptors (Lipinski definition) is 4. The van der Waals surface area contributed by atoms with Gasteiger partial charge in [-0.3, -0.25) is 14.8 Å². The number of nitrogens with one attached hydrogen (secondary N) is 1. The molecule has 3 rings (SSSR count). The highest BCUT2D eigenvalue weighted by Gasteiger charge is 2.20. The van der Waals surface area contributed by atoms with Crippen molar-refractivity contribution in [1.29, 1.82) is 0 Å². The van der Waals surface area contributed by atoms with Crippen molar-refractivity contribution in [3.63, 3.8) is 0 Å². The predicted molar refractivity (Wildman–Crippen MR) is 107 cm³/mol. The van der Waals surface area contributed by atoms with Gasteiger partial charge in [0.2, 0.25) is 0 Å². The zero-order chi connectivity index (χ0) is 19.1. The molecule has 0 unspecified atom stereocenters. The summed E-state index contributed by atoms with van der Waals surface area (Å²) >= 11 is 0. The van der Waals surface area contributed by atoms with E-state index < -0.39 is 0 Å². The molecule has 0 aliphatic heterocycles.